The smallest absolute Gasteiger partial charge is 0.420 e. The first kappa shape index (κ1) is 9.71. The Labute approximate surface area is 64.0 Å². The van der Waals surface area contributed by atoms with Gasteiger partial charge in [-0.3, -0.25) is 0 Å². The molecular formula is CH4O4Si4. The SMILES string of the molecule is C[Si]O[Si]O[Si]O[Si]O. The van der Waals surface area contributed by atoms with Gasteiger partial charge in [0.05, 0.1) is 0 Å². The van der Waals surface area contributed by atoms with Gasteiger partial charge in [0.1, 0.15) is 0 Å². The predicted molar refractivity (Wildman–Crippen MR) is 34.4 cm³/mol. The van der Waals surface area contributed by atoms with Crippen molar-refractivity contribution in [1.82, 2.24) is 0 Å². The van der Waals surface area contributed by atoms with Crippen LogP contribution in [0.4, 0.5) is 0 Å². The summed E-state index contributed by atoms with van der Waals surface area (Å²) in [7, 11) is -0.115. The molecule has 0 heterocycles. The summed E-state index contributed by atoms with van der Waals surface area (Å²) in [5.41, 5.74) is 0. The molecule has 0 saturated heterocycles. The van der Waals surface area contributed by atoms with E-state index in [1.807, 2.05) is 6.55 Å². The Hall–Kier alpha value is 0.708. The highest BCUT2D eigenvalue weighted by molar-refractivity contribution is 6.45. The fourth-order valence-corrected chi connectivity index (χ4v) is 1.82. The summed E-state index contributed by atoms with van der Waals surface area (Å²) < 4.78 is 14.1. The van der Waals surface area contributed by atoms with Crippen molar-refractivity contribution in [3.05, 3.63) is 0 Å². The second kappa shape index (κ2) is 8.71. The van der Waals surface area contributed by atoms with Crippen LogP contribution in [0, 0.1) is 0 Å². The minimum absolute atomic E-state index is 0.0351. The largest absolute Gasteiger partial charge is 0.435 e. The third-order valence-corrected chi connectivity index (χ3v) is 2.83. The Morgan fingerprint density at radius 1 is 1.11 bits per heavy atom. The zero-order chi connectivity index (χ0) is 6.95. The fourth-order valence-electron chi connectivity index (χ4n) is 0.119. The summed E-state index contributed by atoms with van der Waals surface area (Å²) in [5, 5.41) is 0. The number of hydrogen-bond donors (Lipinski definition) is 1. The van der Waals surface area contributed by atoms with Gasteiger partial charge in [-0.2, -0.15) is 0 Å². The molecule has 0 aliphatic rings. The van der Waals surface area contributed by atoms with Crippen molar-refractivity contribution in [2.24, 2.45) is 0 Å². The minimum Gasteiger partial charge on any atom is -0.435 e. The van der Waals surface area contributed by atoms with Crippen molar-refractivity contribution in [1.29, 1.82) is 0 Å². The molecule has 0 aliphatic carbocycles. The zero-order valence-electron chi connectivity index (χ0n) is 4.67. The maximum atomic E-state index is 8.12. The number of hydrogen-bond acceptors (Lipinski definition) is 4. The van der Waals surface area contributed by atoms with E-state index in [4.69, 9.17) is 13.0 Å². The Bertz CT molecular complexity index is 45.8. The molecule has 0 aromatic heterocycles. The van der Waals surface area contributed by atoms with Gasteiger partial charge in [0, 0.05) is 0 Å². The Morgan fingerprint density at radius 2 is 1.78 bits per heavy atom. The third-order valence-electron chi connectivity index (χ3n) is 0.314. The van der Waals surface area contributed by atoms with E-state index in [2.05, 4.69) is 4.12 Å². The molecule has 0 rings (SSSR count). The standard InChI is InChI=1S/CH4O4Si4/c1-6-3-8-5-9-4-7-2/h2H,1H3. The topological polar surface area (TPSA) is 47.9 Å². The summed E-state index contributed by atoms with van der Waals surface area (Å²) in [4.78, 5) is 8.12. The predicted octanol–water partition coefficient (Wildman–Crippen LogP) is -1.70. The molecule has 0 fully saturated rings. The first-order valence-electron chi connectivity index (χ1n) is 1.95. The average Bonchev–Trinajstić information content (AvgIpc) is 1.89. The molecule has 48 valence electrons. The van der Waals surface area contributed by atoms with Crippen molar-refractivity contribution in [2.45, 2.75) is 6.55 Å². The van der Waals surface area contributed by atoms with E-state index < -0.39 is 10.0 Å². The molecule has 0 aromatic rings. The highest BCUT2D eigenvalue weighted by Crippen LogP contribution is 1.69. The van der Waals surface area contributed by atoms with Crippen molar-refractivity contribution < 1.29 is 17.1 Å². The van der Waals surface area contributed by atoms with Gasteiger partial charge in [0.15, 0.2) is 0 Å². The molecule has 0 aliphatic heterocycles. The van der Waals surface area contributed by atoms with Crippen molar-refractivity contribution in [3.63, 3.8) is 0 Å². The summed E-state index contributed by atoms with van der Waals surface area (Å²) in [5.74, 6) is 0. The zero-order valence-corrected chi connectivity index (χ0v) is 8.67. The van der Waals surface area contributed by atoms with Crippen LogP contribution in [0.1, 0.15) is 0 Å². The minimum atomic E-state index is -0.492. The van der Waals surface area contributed by atoms with Crippen LogP contribution in [0.25, 0.3) is 0 Å². The van der Waals surface area contributed by atoms with E-state index in [1.54, 1.807) is 0 Å². The Kier molecular flexibility index (Phi) is 9.39. The van der Waals surface area contributed by atoms with E-state index in [9.17, 15) is 0 Å². The first-order chi connectivity index (χ1) is 4.41. The Morgan fingerprint density at radius 3 is 2.33 bits per heavy atom. The maximum Gasteiger partial charge on any atom is 0.420 e. The fraction of sp³-hybridized carbons (Fsp3) is 1.00. The quantitative estimate of drug-likeness (QED) is 0.402. The molecule has 1 N–H and O–H groups in total. The van der Waals surface area contributed by atoms with Gasteiger partial charge in [0.25, 0.3) is 0 Å². The number of rotatable bonds is 6. The maximum absolute atomic E-state index is 8.12. The van der Waals surface area contributed by atoms with Gasteiger partial charge in [-0.05, 0) is 6.55 Å². The lowest BCUT2D eigenvalue weighted by atomic mass is 11.9. The monoisotopic (exact) mass is 192 g/mol. The van der Waals surface area contributed by atoms with E-state index in [-0.39, 0.29) is 20.0 Å². The molecule has 0 aromatic carbocycles. The van der Waals surface area contributed by atoms with Crippen LogP contribution in [0.3, 0.4) is 0 Å². The summed E-state index contributed by atoms with van der Waals surface area (Å²) in [6, 6.07) is 0. The van der Waals surface area contributed by atoms with E-state index >= 15 is 0 Å². The third kappa shape index (κ3) is 8.71. The van der Waals surface area contributed by atoms with E-state index in [0.29, 0.717) is 9.76 Å². The highest BCUT2D eigenvalue weighted by Gasteiger charge is 1.94. The van der Waals surface area contributed by atoms with E-state index in [1.165, 1.54) is 0 Å². The highest BCUT2D eigenvalue weighted by atomic mass is 28.4. The molecule has 9 heavy (non-hydrogen) atoms. The molecule has 8 radical (unpaired) electrons. The van der Waals surface area contributed by atoms with Gasteiger partial charge in [-0.25, -0.2) is 0 Å². The lowest BCUT2D eigenvalue weighted by molar-refractivity contribution is 0.397. The van der Waals surface area contributed by atoms with Crippen LogP contribution in [0.15, 0.2) is 0 Å². The lowest BCUT2D eigenvalue weighted by Crippen LogP contribution is -2.13. The second-order valence-corrected chi connectivity index (χ2v) is 4.14. The van der Waals surface area contributed by atoms with E-state index in [0.717, 1.165) is 0 Å². The summed E-state index contributed by atoms with van der Waals surface area (Å²) in [6.07, 6.45) is 0. The molecule has 8 heteroatoms. The van der Waals surface area contributed by atoms with Crippen molar-refractivity contribution >= 4 is 39.8 Å². The van der Waals surface area contributed by atoms with Crippen LogP contribution in [-0.2, 0) is 12.3 Å². The van der Waals surface area contributed by atoms with Gasteiger partial charge >= 0.3 is 30.0 Å². The van der Waals surface area contributed by atoms with Crippen LogP contribution in [-0.4, -0.2) is 44.6 Å². The molecular weight excluding hydrogens is 188 g/mol. The summed E-state index contributed by atoms with van der Waals surface area (Å²) in [6.45, 7) is 1.91. The molecule has 0 bridgehead atoms. The van der Waals surface area contributed by atoms with Gasteiger partial charge < -0.3 is 17.1 Å². The Balaban J connectivity index is 2.60. The molecule has 0 spiro atoms. The molecule has 0 unspecified atom stereocenters. The normalized spacial score (nSPS) is 10.0. The van der Waals surface area contributed by atoms with Crippen molar-refractivity contribution in [3.8, 4) is 0 Å². The lowest BCUT2D eigenvalue weighted by Gasteiger charge is -1.95. The van der Waals surface area contributed by atoms with Crippen molar-refractivity contribution in [2.75, 3.05) is 0 Å². The molecule has 0 saturated carbocycles. The molecule has 4 nitrogen and oxygen atoms in total. The van der Waals surface area contributed by atoms with Gasteiger partial charge in [-0.1, -0.05) is 0 Å². The van der Waals surface area contributed by atoms with Gasteiger partial charge in [-0.15, -0.1) is 0 Å². The molecule has 0 amide bonds. The first-order valence-corrected chi connectivity index (χ1v) is 5.85. The van der Waals surface area contributed by atoms with Crippen LogP contribution in [0.5, 0.6) is 0 Å². The van der Waals surface area contributed by atoms with Crippen LogP contribution >= 0.6 is 0 Å². The van der Waals surface area contributed by atoms with Crippen LogP contribution in [0.2, 0.25) is 6.55 Å². The van der Waals surface area contributed by atoms with Gasteiger partial charge in [0.2, 0.25) is 9.76 Å². The van der Waals surface area contributed by atoms with Crippen LogP contribution < -0.4 is 0 Å². The average molecular weight is 192 g/mol. The summed E-state index contributed by atoms with van der Waals surface area (Å²) >= 11 is 0. The second-order valence-electron chi connectivity index (χ2n) is 0.768. The molecule has 0 atom stereocenters.